The van der Waals surface area contributed by atoms with Crippen molar-refractivity contribution in [3.63, 3.8) is 0 Å². The molecular weight excluding hydrogens is 426 g/mol. The molecule has 1 fully saturated rings. The topological polar surface area (TPSA) is 113 Å². The van der Waals surface area contributed by atoms with Gasteiger partial charge in [0.15, 0.2) is 0 Å². The largest absolute Gasteiger partial charge is 0.496 e. The van der Waals surface area contributed by atoms with E-state index in [0.717, 1.165) is 9.80 Å². The highest BCUT2D eigenvalue weighted by atomic mass is 16.5. The van der Waals surface area contributed by atoms with Crippen LogP contribution < -0.4 is 10.1 Å². The molecule has 166 valence electrons. The number of nitrogens with zero attached hydrogens (tertiary/aromatic N) is 2. The molecule has 2 aliphatic rings. The molecule has 0 atom stereocenters. The molecule has 2 heterocycles. The number of methoxy groups -OCH3 is 1. The van der Waals surface area contributed by atoms with Gasteiger partial charge in [-0.15, -0.1) is 6.58 Å². The normalized spacial score (nSPS) is 16.9. The van der Waals surface area contributed by atoms with Gasteiger partial charge in [-0.05, 0) is 35.9 Å². The smallest absolute Gasteiger partial charge is 0.331 e. The van der Waals surface area contributed by atoms with Crippen LogP contribution in [0.3, 0.4) is 0 Å². The van der Waals surface area contributed by atoms with Crippen LogP contribution in [0.2, 0.25) is 0 Å². The Bertz CT molecular complexity index is 1230. The van der Waals surface area contributed by atoms with E-state index in [-0.39, 0.29) is 18.7 Å². The molecule has 0 aromatic heterocycles. The van der Waals surface area contributed by atoms with Crippen molar-refractivity contribution in [2.75, 3.05) is 13.7 Å². The van der Waals surface area contributed by atoms with Crippen LogP contribution in [0.4, 0.5) is 4.79 Å². The maximum Gasteiger partial charge on any atom is 0.331 e. The molecule has 0 spiro atoms. The van der Waals surface area contributed by atoms with Crippen LogP contribution in [0, 0.1) is 0 Å². The number of urea groups is 1. The van der Waals surface area contributed by atoms with E-state index >= 15 is 0 Å². The Morgan fingerprint density at radius 2 is 1.61 bits per heavy atom. The molecule has 2 aromatic rings. The minimum atomic E-state index is -0.817. The maximum atomic E-state index is 12.7. The standard InChI is InChI=1S/C24H19N3O6/c1-3-10-26-23(31)18(20(28)25-24(26)32)12-14-8-9-19(33-2)15(11-14)13-27-21(29)16-6-4-5-7-17(16)22(27)30/h3-9,11-12H,1,10,13H2,2H3,(H,25,28,32). The quantitative estimate of drug-likeness (QED) is 0.316. The first-order valence-corrected chi connectivity index (χ1v) is 9.97. The highest BCUT2D eigenvalue weighted by Gasteiger charge is 2.36. The second-order valence-corrected chi connectivity index (χ2v) is 7.34. The van der Waals surface area contributed by atoms with Crippen molar-refractivity contribution in [3.8, 4) is 5.75 Å². The molecule has 0 radical (unpaired) electrons. The maximum absolute atomic E-state index is 12.7. The number of hydrogen-bond donors (Lipinski definition) is 1. The lowest BCUT2D eigenvalue weighted by atomic mass is 10.0. The van der Waals surface area contributed by atoms with Gasteiger partial charge in [-0.3, -0.25) is 34.3 Å². The van der Waals surface area contributed by atoms with Gasteiger partial charge < -0.3 is 4.74 Å². The van der Waals surface area contributed by atoms with Crippen LogP contribution in [0.15, 0.2) is 60.7 Å². The number of benzene rings is 2. The third kappa shape index (κ3) is 3.80. The summed E-state index contributed by atoms with van der Waals surface area (Å²) >= 11 is 0. The third-order valence-electron chi connectivity index (χ3n) is 5.32. The number of hydrogen-bond acceptors (Lipinski definition) is 6. The zero-order chi connectivity index (χ0) is 23.7. The van der Waals surface area contributed by atoms with E-state index < -0.39 is 29.7 Å². The molecule has 0 bridgehead atoms. The molecule has 1 saturated heterocycles. The Hall–Kier alpha value is -4.53. The predicted molar refractivity (Wildman–Crippen MR) is 117 cm³/mol. The van der Waals surface area contributed by atoms with Crippen molar-refractivity contribution in [1.29, 1.82) is 0 Å². The first-order valence-electron chi connectivity index (χ1n) is 9.97. The minimum absolute atomic E-state index is 0.0527. The molecule has 2 aliphatic heterocycles. The van der Waals surface area contributed by atoms with Gasteiger partial charge in [0.2, 0.25) is 0 Å². The average molecular weight is 445 g/mol. The van der Waals surface area contributed by atoms with E-state index in [1.54, 1.807) is 42.5 Å². The summed E-state index contributed by atoms with van der Waals surface area (Å²) in [6.45, 7) is 3.39. The molecule has 6 amide bonds. The highest BCUT2D eigenvalue weighted by Crippen LogP contribution is 2.29. The van der Waals surface area contributed by atoms with Crippen molar-refractivity contribution >= 4 is 35.7 Å². The Kier molecular flexibility index (Phi) is 5.61. The van der Waals surface area contributed by atoms with Gasteiger partial charge in [0.25, 0.3) is 23.6 Å². The van der Waals surface area contributed by atoms with Gasteiger partial charge in [-0.2, -0.15) is 0 Å². The van der Waals surface area contributed by atoms with Gasteiger partial charge in [0.05, 0.1) is 24.8 Å². The zero-order valence-electron chi connectivity index (χ0n) is 17.7. The second kappa shape index (κ2) is 8.54. The molecule has 4 rings (SSSR count). The van der Waals surface area contributed by atoms with E-state index in [4.69, 9.17) is 4.74 Å². The number of imide groups is 3. The molecule has 0 aliphatic carbocycles. The van der Waals surface area contributed by atoms with Gasteiger partial charge in [-0.1, -0.05) is 24.3 Å². The van der Waals surface area contributed by atoms with Gasteiger partial charge in [-0.25, -0.2) is 4.79 Å². The monoisotopic (exact) mass is 445 g/mol. The molecule has 9 heteroatoms. The number of barbiturate groups is 1. The summed E-state index contributed by atoms with van der Waals surface area (Å²) in [5.41, 5.74) is 1.39. The summed E-state index contributed by atoms with van der Waals surface area (Å²) in [6, 6.07) is 10.6. The fraction of sp³-hybridized carbons (Fsp3) is 0.125. The van der Waals surface area contributed by atoms with E-state index in [0.29, 0.717) is 28.0 Å². The van der Waals surface area contributed by atoms with Crippen molar-refractivity contribution in [1.82, 2.24) is 15.1 Å². The minimum Gasteiger partial charge on any atom is -0.496 e. The molecule has 33 heavy (non-hydrogen) atoms. The van der Waals surface area contributed by atoms with Crippen molar-refractivity contribution < 1.29 is 28.7 Å². The third-order valence-corrected chi connectivity index (χ3v) is 5.32. The molecule has 9 nitrogen and oxygen atoms in total. The van der Waals surface area contributed by atoms with Crippen molar-refractivity contribution in [2.45, 2.75) is 6.54 Å². The van der Waals surface area contributed by atoms with E-state index in [2.05, 4.69) is 11.9 Å². The van der Waals surface area contributed by atoms with Crippen LogP contribution in [-0.2, 0) is 16.1 Å². The number of nitrogens with one attached hydrogen (secondary N) is 1. The van der Waals surface area contributed by atoms with Gasteiger partial charge >= 0.3 is 6.03 Å². The molecule has 0 saturated carbocycles. The lowest BCUT2D eigenvalue weighted by Gasteiger charge is -2.25. The average Bonchev–Trinajstić information content (AvgIpc) is 3.04. The Balaban J connectivity index is 1.67. The van der Waals surface area contributed by atoms with Crippen LogP contribution >= 0.6 is 0 Å². The summed E-state index contributed by atoms with van der Waals surface area (Å²) in [4.78, 5) is 64.3. The predicted octanol–water partition coefficient (Wildman–Crippen LogP) is 2.14. The summed E-state index contributed by atoms with van der Waals surface area (Å²) in [5, 5.41) is 2.12. The number of carbonyl (C=O) groups is 5. The van der Waals surface area contributed by atoms with Crippen LogP contribution in [0.1, 0.15) is 31.8 Å². The Labute approximate surface area is 188 Å². The lowest BCUT2D eigenvalue weighted by molar-refractivity contribution is -0.129. The summed E-state index contributed by atoms with van der Waals surface area (Å²) in [5.74, 6) is -1.97. The molecule has 0 unspecified atom stereocenters. The highest BCUT2D eigenvalue weighted by molar-refractivity contribution is 6.31. The first-order chi connectivity index (χ1) is 15.8. The fourth-order valence-corrected chi connectivity index (χ4v) is 3.72. The summed E-state index contributed by atoms with van der Waals surface area (Å²) in [6.07, 6.45) is 2.71. The second-order valence-electron chi connectivity index (χ2n) is 7.34. The molecule has 1 N–H and O–H groups in total. The molecular formula is C24H19N3O6. The van der Waals surface area contributed by atoms with Crippen LogP contribution in [-0.4, -0.2) is 53.1 Å². The first kappa shape index (κ1) is 21.7. The SMILES string of the molecule is C=CCN1C(=O)NC(=O)C(=Cc2ccc(OC)c(CN3C(=O)c4ccccc4C3=O)c2)C1=O. The van der Waals surface area contributed by atoms with Gasteiger partial charge in [0.1, 0.15) is 11.3 Å². The summed E-state index contributed by atoms with van der Waals surface area (Å²) < 4.78 is 5.37. The summed E-state index contributed by atoms with van der Waals surface area (Å²) in [7, 11) is 1.45. The van der Waals surface area contributed by atoms with E-state index in [9.17, 15) is 24.0 Å². The Morgan fingerprint density at radius 1 is 0.939 bits per heavy atom. The number of rotatable bonds is 6. The fourth-order valence-electron chi connectivity index (χ4n) is 3.72. The number of amides is 6. The van der Waals surface area contributed by atoms with Crippen LogP contribution in [0.25, 0.3) is 6.08 Å². The lowest BCUT2D eigenvalue weighted by Crippen LogP contribution is -2.54. The number of fused-ring (bicyclic) bond motifs is 1. The molecule has 2 aromatic carbocycles. The van der Waals surface area contributed by atoms with E-state index in [1.165, 1.54) is 19.3 Å². The van der Waals surface area contributed by atoms with Crippen molar-refractivity contribution in [3.05, 3.63) is 82.9 Å². The van der Waals surface area contributed by atoms with Crippen LogP contribution in [0.5, 0.6) is 5.75 Å². The van der Waals surface area contributed by atoms with Crippen molar-refractivity contribution in [2.24, 2.45) is 0 Å². The Morgan fingerprint density at radius 3 is 2.21 bits per heavy atom. The van der Waals surface area contributed by atoms with Gasteiger partial charge in [0, 0.05) is 12.1 Å². The van der Waals surface area contributed by atoms with E-state index in [1.807, 2.05) is 0 Å². The number of carbonyl (C=O) groups excluding carboxylic acids is 5. The zero-order valence-corrected chi connectivity index (χ0v) is 17.7. The number of ether oxygens (including phenoxy) is 1.